The molecule has 2 fully saturated rings. The monoisotopic (exact) mass is 300 g/mol. The van der Waals surface area contributed by atoms with Gasteiger partial charge in [-0.2, -0.15) is 0 Å². The molecule has 1 heterocycles. The van der Waals surface area contributed by atoms with E-state index in [2.05, 4.69) is 18.2 Å². The summed E-state index contributed by atoms with van der Waals surface area (Å²) in [6.45, 7) is 0.975. The standard InChI is InChI=1S/C20H28O2/c1-21-17-10-9-14-7-8-16-13-22-20(12-19(16)18(14)11-17)15-5-3-2-4-6-15/h9-11,15-16,19-20H,2-8,12-13H2,1H3/t16-,19-,20-/m1/s1. The summed E-state index contributed by atoms with van der Waals surface area (Å²) in [5.74, 6) is 3.24. The number of fused-ring (bicyclic) bond motifs is 3. The molecule has 4 rings (SSSR count). The fourth-order valence-electron chi connectivity index (χ4n) is 4.99. The van der Waals surface area contributed by atoms with Crippen molar-refractivity contribution in [3.8, 4) is 5.75 Å². The summed E-state index contributed by atoms with van der Waals surface area (Å²) >= 11 is 0. The van der Waals surface area contributed by atoms with E-state index in [9.17, 15) is 0 Å². The van der Waals surface area contributed by atoms with E-state index in [4.69, 9.17) is 9.47 Å². The molecule has 2 heteroatoms. The van der Waals surface area contributed by atoms with E-state index in [0.717, 1.165) is 24.2 Å². The minimum Gasteiger partial charge on any atom is -0.497 e. The summed E-state index contributed by atoms with van der Waals surface area (Å²) in [5, 5.41) is 0. The van der Waals surface area contributed by atoms with Gasteiger partial charge in [-0.1, -0.05) is 25.3 Å². The average molecular weight is 300 g/mol. The van der Waals surface area contributed by atoms with E-state index >= 15 is 0 Å². The highest BCUT2D eigenvalue weighted by molar-refractivity contribution is 5.40. The van der Waals surface area contributed by atoms with E-state index in [1.807, 2.05) is 0 Å². The van der Waals surface area contributed by atoms with Gasteiger partial charge in [-0.15, -0.1) is 0 Å². The molecule has 1 saturated carbocycles. The molecule has 3 atom stereocenters. The number of benzene rings is 1. The quantitative estimate of drug-likeness (QED) is 0.787. The fraction of sp³-hybridized carbons (Fsp3) is 0.700. The van der Waals surface area contributed by atoms with Crippen molar-refractivity contribution in [2.45, 2.75) is 63.4 Å². The highest BCUT2D eigenvalue weighted by Gasteiger charge is 2.38. The van der Waals surface area contributed by atoms with E-state index in [1.165, 1.54) is 51.4 Å². The Morgan fingerprint density at radius 1 is 1.05 bits per heavy atom. The van der Waals surface area contributed by atoms with E-state index in [0.29, 0.717) is 12.0 Å². The Labute approximate surface area is 134 Å². The smallest absolute Gasteiger partial charge is 0.119 e. The van der Waals surface area contributed by atoms with Crippen molar-refractivity contribution >= 4 is 0 Å². The Morgan fingerprint density at radius 3 is 2.73 bits per heavy atom. The van der Waals surface area contributed by atoms with Crippen LogP contribution in [0.4, 0.5) is 0 Å². The summed E-state index contributed by atoms with van der Waals surface area (Å²) in [6.07, 6.45) is 11.2. The van der Waals surface area contributed by atoms with Crippen molar-refractivity contribution in [1.29, 1.82) is 0 Å². The Bertz CT molecular complexity index is 518. The minimum absolute atomic E-state index is 0.499. The Balaban J connectivity index is 1.57. The van der Waals surface area contributed by atoms with Crippen molar-refractivity contribution in [3.05, 3.63) is 29.3 Å². The van der Waals surface area contributed by atoms with Crippen LogP contribution in [-0.2, 0) is 11.2 Å². The number of hydrogen-bond acceptors (Lipinski definition) is 2. The molecule has 0 spiro atoms. The van der Waals surface area contributed by atoms with Gasteiger partial charge in [0.25, 0.3) is 0 Å². The van der Waals surface area contributed by atoms with Gasteiger partial charge in [0, 0.05) is 0 Å². The molecular formula is C20H28O2. The third kappa shape index (κ3) is 2.67. The zero-order valence-electron chi connectivity index (χ0n) is 13.7. The highest BCUT2D eigenvalue weighted by atomic mass is 16.5. The van der Waals surface area contributed by atoms with Gasteiger partial charge < -0.3 is 9.47 Å². The van der Waals surface area contributed by atoms with Crippen LogP contribution in [0.2, 0.25) is 0 Å². The number of ether oxygens (including phenoxy) is 2. The third-order valence-corrected chi connectivity index (χ3v) is 6.29. The van der Waals surface area contributed by atoms with Crippen LogP contribution in [0.5, 0.6) is 5.75 Å². The Hall–Kier alpha value is -1.02. The second-order valence-electron chi connectivity index (χ2n) is 7.48. The number of methoxy groups -OCH3 is 1. The minimum atomic E-state index is 0.499. The van der Waals surface area contributed by atoms with Crippen LogP contribution in [0.1, 0.15) is 62.0 Å². The van der Waals surface area contributed by atoms with Crippen LogP contribution in [0.3, 0.4) is 0 Å². The van der Waals surface area contributed by atoms with Gasteiger partial charge in [-0.05, 0) is 73.1 Å². The molecule has 0 aromatic heterocycles. The molecule has 120 valence electrons. The van der Waals surface area contributed by atoms with Gasteiger partial charge in [-0.3, -0.25) is 0 Å². The summed E-state index contributed by atoms with van der Waals surface area (Å²) in [7, 11) is 1.77. The molecule has 1 saturated heterocycles. The van der Waals surface area contributed by atoms with Gasteiger partial charge >= 0.3 is 0 Å². The van der Waals surface area contributed by atoms with E-state index in [1.54, 1.807) is 18.2 Å². The predicted molar refractivity (Wildman–Crippen MR) is 88.5 cm³/mol. The maximum absolute atomic E-state index is 6.33. The second-order valence-corrected chi connectivity index (χ2v) is 7.48. The summed E-state index contributed by atoms with van der Waals surface area (Å²) in [4.78, 5) is 0. The van der Waals surface area contributed by atoms with Crippen molar-refractivity contribution in [2.24, 2.45) is 11.8 Å². The van der Waals surface area contributed by atoms with Gasteiger partial charge in [0.05, 0.1) is 19.8 Å². The maximum Gasteiger partial charge on any atom is 0.119 e. The zero-order valence-corrected chi connectivity index (χ0v) is 13.7. The van der Waals surface area contributed by atoms with Crippen molar-refractivity contribution < 1.29 is 9.47 Å². The molecule has 0 radical (unpaired) electrons. The Kier molecular flexibility index (Phi) is 4.13. The molecule has 0 unspecified atom stereocenters. The van der Waals surface area contributed by atoms with Gasteiger partial charge in [0.15, 0.2) is 0 Å². The van der Waals surface area contributed by atoms with Crippen LogP contribution >= 0.6 is 0 Å². The van der Waals surface area contributed by atoms with Gasteiger partial charge in [-0.25, -0.2) is 0 Å². The molecule has 1 aromatic carbocycles. The first-order valence-electron chi connectivity index (χ1n) is 9.13. The van der Waals surface area contributed by atoms with Gasteiger partial charge in [0.2, 0.25) is 0 Å². The fourth-order valence-corrected chi connectivity index (χ4v) is 4.99. The van der Waals surface area contributed by atoms with E-state index in [-0.39, 0.29) is 0 Å². The molecule has 0 N–H and O–H groups in total. The number of aryl methyl sites for hydroxylation is 1. The first-order chi connectivity index (χ1) is 10.8. The van der Waals surface area contributed by atoms with Crippen LogP contribution in [0, 0.1) is 11.8 Å². The lowest BCUT2D eigenvalue weighted by Gasteiger charge is -2.43. The van der Waals surface area contributed by atoms with Crippen LogP contribution in [-0.4, -0.2) is 19.8 Å². The zero-order chi connectivity index (χ0) is 14.9. The average Bonchev–Trinajstić information content (AvgIpc) is 2.61. The topological polar surface area (TPSA) is 18.5 Å². The molecule has 22 heavy (non-hydrogen) atoms. The lowest BCUT2D eigenvalue weighted by molar-refractivity contribution is -0.0682. The predicted octanol–water partition coefficient (Wildman–Crippen LogP) is 4.71. The molecular weight excluding hydrogens is 272 g/mol. The summed E-state index contributed by atoms with van der Waals surface area (Å²) in [5.41, 5.74) is 3.10. The SMILES string of the molecule is COc1ccc2c(c1)[C@@H]1C[C@H](C3CCCCC3)OC[C@H]1CC2. The lowest BCUT2D eigenvalue weighted by atomic mass is 9.69. The molecule has 1 aliphatic heterocycles. The third-order valence-electron chi connectivity index (χ3n) is 6.29. The molecule has 3 aliphatic rings. The summed E-state index contributed by atoms with van der Waals surface area (Å²) < 4.78 is 11.8. The van der Waals surface area contributed by atoms with Crippen molar-refractivity contribution in [3.63, 3.8) is 0 Å². The first-order valence-corrected chi connectivity index (χ1v) is 9.13. The molecule has 2 nitrogen and oxygen atoms in total. The number of rotatable bonds is 2. The number of hydrogen-bond donors (Lipinski definition) is 0. The van der Waals surface area contributed by atoms with Crippen LogP contribution < -0.4 is 4.74 Å². The second kappa shape index (κ2) is 6.23. The molecule has 0 bridgehead atoms. The highest BCUT2D eigenvalue weighted by Crippen LogP contribution is 2.46. The van der Waals surface area contributed by atoms with E-state index < -0.39 is 0 Å². The largest absolute Gasteiger partial charge is 0.497 e. The molecule has 1 aromatic rings. The van der Waals surface area contributed by atoms with Gasteiger partial charge in [0.1, 0.15) is 5.75 Å². The Morgan fingerprint density at radius 2 is 1.91 bits per heavy atom. The van der Waals surface area contributed by atoms with Crippen molar-refractivity contribution in [2.75, 3.05) is 13.7 Å². The normalized spacial score (nSPS) is 32.1. The van der Waals surface area contributed by atoms with Crippen LogP contribution in [0.25, 0.3) is 0 Å². The summed E-state index contributed by atoms with van der Waals surface area (Å²) in [6, 6.07) is 6.71. The van der Waals surface area contributed by atoms with Crippen LogP contribution in [0.15, 0.2) is 18.2 Å². The maximum atomic E-state index is 6.33. The lowest BCUT2D eigenvalue weighted by Crippen LogP contribution is -2.39. The van der Waals surface area contributed by atoms with Crippen molar-refractivity contribution in [1.82, 2.24) is 0 Å². The molecule has 0 amide bonds. The first kappa shape index (κ1) is 14.6. The molecule has 2 aliphatic carbocycles.